The third kappa shape index (κ3) is 5.40. The number of ether oxygens (including phenoxy) is 3. The van der Waals surface area contributed by atoms with Crippen LogP contribution < -0.4 is 19.7 Å². The van der Waals surface area contributed by atoms with Gasteiger partial charge in [-0.25, -0.2) is 4.79 Å². The Hall–Kier alpha value is -4.66. The van der Waals surface area contributed by atoms with Gasteiger partial charge in [0.05, 0.1) is 43.0 Å². The predicted molar refractivity (Wildman–Crippen MR) is 147 cm³/mol. The lowest BCUT2D eigenvalue weighted by Crippen LogP contribution is -2.31. The molecule has 1 aliphatic heterocycles. The lowest BCUT2D eigenvalue weighted by molar-refractivity contribution is -0.122. The third-order valence-electron chi connectivity index (χ3n) is 7.55. The molecule has 0 radical (unpaired) electrons. The molecule has 2 fully saturated rings. The maximum absolute atomic E-state index is 13.4. The van der Waals surface area contributed by atoms with Crippen molar-refractivity contribution in [3.63, 3.8) is 0 Å². The quantitative estimate of drug-likeness (QED) is 0.328. The van der Waals surface area contributed by atoms with Crippen LogP contribution in [-0.2, 0) is 19.1 Å². The van der Waals surface area contributed by atoms with E-state index in [2.05, 4.69) is 17.4 Å². The van der Waals surface area contributed by atoms with Gasteiger partial charge in [-0.1, -0.05) is 36.4 Å². The predicted octanol–water partition coefficient (Wildman–Crippen LogP) is 4.57. The molecule has 9 nitrogen and oxygen atoms in total. The van der Waals surface area contributed by atoms with Gasteiger partial charge in [0.15, 0.2) is 6.61 Å². The molecule has 1 aliphatic carbocycles. The molecule has 0 bridgehead atoms. The second-order valence-corrected chi connectivity index (χ2v) is 9.89. The van der Waals surface area contributed by atoms with Gasteiger partial charge in [-0.3, -0.25) is 19.3 Å². The van der Waals surface area contributed by atoms with Crippen molar-refractivity contribution in [2.75, 3.05) is 31.0 Å². The van der Waals surface area contributed by atoms with Crippen LogP contribution in [-0.4, -0.2) is 44.5 Å². The Labute approximate surface area is 232 Å². The van der Waals surface area contributed by atoms with Crippen molar-refractivity contribution in [1.82, 2.24) is 0 Å². The van der Waals surface area contributed by atoms with Crippen molar-refractivity contribution in [2.24, 2.45) is 11.8 Å². The minimum atomic E-state index is -0.751. The number of carbonyl (C=O) groups is 4. The van der Waals surface area contributed by atoms with Crippen molar-refractivity contribution in [1.29, 1.82) is 0 Å². The van der Waals surface area contributed by atoms with E-state index >= 15 is 0 Å². The smallest absolute Gasteiger partial charge is 0.338 e. The van der Waals surface area contributed by atoms with E-state index in [9.17, 15) is 19.2 Å². The number of hydrogen-bond acceptors (Lipinski definition) is 7. The van der Waals surface area contributed by atoms with Crippen LogP contribution in [0.4, 0.5) is 11.4 Å². The number of esters is 1. The van der Waals surface area contributed by atoms with E-state index in [0.717, 1.165) is 6.42 Å². The largest absolute Gasteiger partial charge is 0.497 e. The molecule has 3 atom stereocenters. The van der Waals surface area contributed by atoms with E-state index in [1.165, 1.54) is 36.8 Å². The van der Waals surface area contributed by atoms with Crippen LogP contribution in [0.1, 0.15) is 41.1 Å². The summed E-state index contributed by atoms with van der Waals surface area (Å²) in [6.07, 6.45) is 2.10. The molecule has 206 valence electrons. The maximum atomic E-state index is 13.4. The van der Waals surface area contributed by atoms with Gasteiger partial charge in [-0.15, -0.1) is 0 Å². The molecule has 3 aromatic carbocycles. The summed E-state index contributed by atoms with van der Waals surface area (Å²) in [5.74, 6) is -1.36. The minimum absolute atomic E-state index is 0.130. The van der Waals surface area contributed by atoms with Gasteiger partial charge in [-0.2, -0.15) is 0 Å². The molecule has 3 aromatic rings. The van der Waals surface area contributed by atoms with E-state index < -0.39 is 18.5 Å². The van der Waals surface area contributed by atoms with E-state index in [1.807, 2.05) is 18.2 Å². The highest BCUT2D eigenvalue weighted by molar-refractivity contribution is 6.22. The highest BCUT2D eigenvalue weighted by atomic mass is 16.5. The molecule has 1 saturated carbocycles. The number of nitrogens with one attached hydrogen (secondary N) is 1. The van der Waals surface area contributed by atoms with Gasteiger partial charge < -0.3 is 19.5 Å². The fourth-order valence-electron chi connectivity index (χ4n) is 5.54. The molecule has 1 heterocycles. The zero-order valence-corrected chi connectivity index (χ0v) is 22.3. The Kier molecular flexibility index (Phi) is 7.82. The average molecular weight is 543 g/mol. The van der Waals surface area contributed by atoms with Crippen LogP contribution in [0.15, 0.2) is 72.8 Å². The Bertz CT molecular complexity index is 1440. The number of nitrogens with zero attached hydrogens (tertiary/aromatic N) is 1. The number of benzene rings is 3. The second-order valence-electron chi connectivity index (χ2n) is 9.89. The Morgan fingerprint density at radius 3 is 2.40 bits per heavy atom. The highest BCUT2D eigenvalue weighted by Crippen LogP contribution is 2.45. The molecule has 1 N–H and O–H groups in total. The number of imide groups is 1. The van der Waals surface area contributed by atoms with Crippen LogP contribution >= 0.6 is 0 Å². The van der Waals surface area contributed by atoms with Crippen LogP contribution in [0.3, 0.4) is 0 Å². The van der Waals surface area contributed by atoms with Gasteiger partial charge in [0.1, 0.15) is 11.5 Å². The Morgan fingerprint density at radius 2 is 1.65 bits per heavy atom. The second kappa shape index (κ2) is 11.6. The standard InChI is InChI=1S/C31H30N2O7/c1-38-23-12-14-26(27(17-23)39-2)32-28(34)18-40-31(37)21-9-6-10-22(15-21)33-29(35)24-13-11-20(16-25(24)30(33)36)19-7-4-3-5-8-19/h3-10,12,14-15,17,20,24-25H,11,13,16,18H2,1-2H3,(H,32,34)/t20-,24-,25+/m1/s1. The number of rotatable bonds is 8. The minimum Gasteiger partial charge on any atom is -0.497 e. The number of hydrogen-bond donors (Lipinski definition) is 1. The lowest BCUT2D eigenvalue weighted by Gasteiger charge is -2.28. The number of anilines is 2. The zero-order chi connectivity index (χ0) is 28.2. The summed E-state index contributed by atoms with van der Waals surface area (Å²) in [7, 11) is 2.98. The van der Waals surface area contributed by atoms with E-state index in [1.54, 1.807) is 30.3 Å². The van der Waals surface area contributed by atoms with Crippen LogP contribution in [0.2, 0.25) is 0 Å². The lowest BCUT2D eigenvalue weighted by atomic mass is 9.73. The molecule has 1 saturated heterocycles. The summed E-state index contributed by atoms with van der Waals surface area (Å²) in [6.45, 7) is -0.537. The number of carbonyl (C=O) groups excluding carboxylic acids is 4. The van der Waals surface area contributed by atoms with Crippen molar-refractivity contribution in [2.45, 2.75) is 25.2 Å². The van der Waals surface area contributed by atoms with E-state index in [4.69, 9.17) is 14.2 Å². The monoisotopic (exact) mass is 542 g/mol. The molecule has 9 heteroatoms. The fraction of sp³-hybridized carbons (Fsp3) is 0.290. The number of amides is 3. The summed E-state index contributed by atoms with van der Waals surface area (Å²) in [4.78, 5) is 53.1. The molecule has 3 amide bonds. The van der Waals surface area contributed by atoms with Crippen molar-refractivity contribution in [3.05, 3.63) is 83.9 Å². The number of methoxy groups -OCH3 is 2. The molecule has 0 spiro atoms. The summed E-state index contributed by atoms with van der Waals surface area (Å²) >= 11 is 0. The topological polar surface area (TPSA) is 111 Å². The SMILES string of the molecule is COc1ccc(NC(=O)COC(=O)c2cccc(N3C(=O)[C@H]4C[C@H](c5ccccc5)CC[C@H]4C3=O)c2)c(OC)c1. The molecule has 0 unspecified atom stereocenters. The van der Waals surface area contributed by atoms with Gasteiger partial charge in [0, 0.05) is 6.07 Å². The van der Waals surface area contributed by atoms with Crippen LogP contribution in [0.25, 0.3) is 0 Å². The first-order valence-corrected chi connectivity index (χ1v) is 13.1. The van der Waals surface area contributed by atoms with Crippen molar-refractivity contribution >= 4 is 35.1 Å². The first-order chi connectivity index (χ1) is 19.4. The van der Waals surface area contributed by atoms with Gasteiger partial charge in [0.2, 0.25) is 11.8 Å². The molecule has 0 aromatic heterocycles. The van der Waals surface area contributed by atoms with Crippen LogP contribution in [0, 0.1) is 11.8 Å². The summed E-state index contributed by atoms with van der Waals surface area (Å²) in [6, 6.07) is 21.1. The molecule has 5 rings (SSSR count). The van der Waals surface area contributed by atoms with Crippen molar-refractivity contribution < 1.29 is 33.4 Å². The summed E-state index contributed by atoms with van der Waals surface area (Å²) in [5, 5.41) is 2.64. The average Bonchev–Trinajstić information content (AvgIpc) is 3.25. The first-order valence-electron chi connectivity index (χ1n) is 13.1. The highest BCUT2D eigenvalue weighted by Gasteiger charge is 2.50. The Morgan fingerprint density at radius 1 is 0.875 bits per heavy atom. The summed E-state index contributed by atoms with van der Waals surface area (Å²) < 4.78 is 15.6. The molecular formula is C31H30N2O7. The fourth-order valence-corrected chi connectivity index (χ4v) is 5.54. The summed E-state index contributed by atoms with van der Waals surface area (Å²) in [5.41, 5.74) is 2.03. The third-order valence-corrected chi connectivity index (χ3v) is 7.55. The zero-order valence-electron chi connectivity index (χ0n) is 22.3. The normalized spacial score (nSPS) is 20.1. The maximum Gasteiger partial charge on any atom is 0.338 e. The van der Waals surface area contributed by atoms with E-state index in [-0.39, 0.29) is 35.1 Å². The van der Waals surface area contributed by atoms with Crippen molar-refractivity contribution in [3.8, 4) is 11.5 Å². The van der Waals surface area contributed by atoms with Gasteiger partial charge in [0.25, 0.3) is 5.91 Å². The molecule has 40 heavy (non-hydrogen) atoms. The number of fused-ring (bicyclic) bond motifs is 1. The Balaban J connectivity index is 1.23. The van der Waals surface area contributed by atoms with Crippen LogP contribution in [0.5, 0.6) is 11.5 Å². The van der Waals surface area contributed by atoms with Gasteiger partial charge >= 0.3 is 5.97 Å². The first kappa shape index (κ1) is 26.9. The van der Waals surface area contributed by atoms with Gasteiger partial charge in [-0.05, 0) is 61.1 Å². The van der Waals surface area contributed by atoms with E-state index in [0.29, 0.717) is 35.7 Å². The molecule has 2 aliphatic rings. The molecular weight excluding hydrogens is 512 g/mol.